The SMILES string of the molecule is CCC[C@]1(C[C@@H](C)NO)C[C@H](CC(=O)NO)CCN1NC(=O)c1ccc(OCc2cc(C)nc3ccccc23)cc1. The van der Waals surface area contributed by atoms with E-state index in [-0.39, 0.29) is 24.3 Å². The van der Waals surface area contributed by atoms with Crippen molar-refractivity contribution in [3.8, 4) is 5.75 Å². The van der Waals surface area contributed by atoms with Gasteiger partial charge < -0.3 is 9.94 Å². The number of hydrogen-bond acceptors (Lipinski definition) is 8. The van der Waals surface area contributed by atoms with Gasteiger partial charge in [-0.1, -0.05) is 31.5 Å². The molecule has 0 aliphatic carbocycles. The Hall–Kier alpha value is -3.57. The Morgan fingerprint density at radius 2 is 1.93 bits per heavy atom. The number of carbonyl (C=O) groups is 2. The predicted molar refractivity (Wildman–Crippen MR) is 155 cm³/mol. The summed E-state index contributed by atoms with van der Waals surface area (Å²) in [7, 11) is 0. The quantitative estimate of drug-likeness (QED) is 0.158. The number of hydrazine groups is 1. The van der Waals surface area contributed by atoms with E-state index in [1.807, 2.05) is 49.2 Å². The molecule has 0 saturated carbocycles. The number of ether oxygens (including phenoxy) is 1. The van der Waals surface area contributed by atoms with Gasteiger partial charge in [-0.05, 0) is 81.8 Å². The molecule has 10 nitrogen and oxygen atoms in total. The summed E-state index contributed by atoms with van der Waals surface area (Å²) >= 11 is 0. The van der Waals surface area contributed by atoms with Crippen molar-refractivity contribution in [2.45, 2.75) is 77.5 Å². The van der Waals surface area contributed by atoms with Gasteiger partial charge in [-0.2, -0.15) is 0 Å². The Morgan fingerprint density at radius 3 is 2.63 bits per heavy atom. The van der Waals surface area contributed by atoms with Crippen molar-refractivity contribution in [1.82, 2.24) is 26.4 Å². The molecule has 220 valence electrons. The first-order valence-corrected chi connectivity index (χ1v) is 14.3. The van der Waals surface area contributed by atoms with Crippen LogP contribution in [0.25, 0.3) is 10.9 Å². The van der Waals surface area contributed by atoms with Crippen molar-refractivity contribution in [1.29, 1.82) is 0 Å². The fraction of sp³-hybridized carbons (Fsp3) is 0.452. The molecule has 3 atom stereocenters. The zero-order valence-electron chi connectivity index (χ0n) is 24.0. The summed E-state index contributed by atoms with van der Waals surface area (Å²) in [5.41, 5.74) is 10.1. The highest BCUT2D eigenvalue weighted by atomic mass is 16.5. The number of pyridine rings is 1. The summed E-state index contributed by atoms with van der Waals surface area (Å²) in [6.45, 7) is 6.87. The lowest BCUT2D eigenvalue weighted by atomic mass is 9.74. The average molecular weight is 564 g/mol. The van der Waals surface area contributed by atoms with Crippen molar-refractivity contribution in [3.63, 3.8) is 0 Å². The minimum absolute atomic E-state index is 0.0467. The lowest BCUT2D eigenvalue weighted by molar-refractivity contribution is -0.131. The number of carbonyl (C=O) groups excluding carboxylic acids is 2. The molecule has 1 saturated heterocycles. The summed E-state index contributed by atoms with van der Waals surface area (Å²) in [5, 5.41) is 21.6. The highest BCUT2D eigenvalue weighted by molar-refractivity contribution is 5.94. The zero-order chi connectivity index (χ0) is 29.4. The van der Waals surface area contributed by atoms with Crippen LogP contribution in [0.15, 0.2) is 54.6 Å². The molecule has 2 aromatic carbocycles. The number of aromatic nitrogens is 1. The third-order valence-electron chi connectivity index (χ3n) is 7.90. The van der Waals surface area contributed by atoms with Crippen LogP contribution >= 0.6 is 0 Å². The van der Waals surface area contributed by atoms with E-state index in [1.54, 1.807) is 29.7 Å². The lowest BCUT2D eigenvalue weighted by Crippen LogP contribution is -2.62. The number of benzene rings is 2. The molecule has 1 aliphatic heterocycles. The van der Waals surface area contributed by atoms with Crippen LogP contribution in [0.4, 0.5) is 0 Å². The molecule has 1 aliphatic rings. The number of fused-ring (bicyclic) bond motifs is 1. The van der Waals surface area contributed by atoms with Gasteiger partial charge in [-0.25, -0.2) is 16.0 Å². The summed E-state index contributed by atoms with van der Waals surface area (Å²) in [6.07, 6.45) is 3.76. The van der Waals surface area contributed by atoms with E-state index in [0.717, 1.165) is 35.0 Å². The monoisotopic (exact) mass is 563 g/mol. The smallest absolute Gasteiger partial charge is 0.265 e. The molecule has 3 aromatic rings. The van der Waals surface area contributed by atoms with Gasteiger partial charge in [-0.15, -0.1) is 0 Å². The van der Waals surface area contributed by atoms with Gasteiger partial charge in [0.1, 0.15) is 12.4 Å². The third-order valence-corrected chi connectivity index (χ3v) is 7.90. The maximum Gasteiger partial charge on any atom is 0.265 e. The molecule has 0 radical (unpaired) electrons. The molecule has 2 amide bonds. The maximum atomic E-state index is 13.4. The van der Waals surface area contributed by atoms with Gasteiger partial charge in [0, 0.05) is 46.8 Å². The van der Waals surface area contributed by atoms with E-state index in [2.05, 4.69) is 22.8 Å². The molecular weight excluding hydrogens is 522 g/mol. The first-order chi connectivity index (χ1) is 19.8. The molecule has 4 rings (SSSR count). The van der Waals surface area contributed by atoms with Crippen molar-refractivity contribution in [2.75, 3.05) is 6.54 Å². The first-order valence-electron chi connectivity index (χ1n) is 14.3. The predicted octanol–water partition coefficient (Wildman–Crippen LogP) is 4.67. The molecule has 2 heterocycles. The van der Waals surface area contributed by atoms with Crippen molar-refractivity contribution in [2.24, 2.45) is 5.92 Å². The largest absolute Gasteiger partial charge is 0.489 e. The van der Waals surface area contributed by atoms with Crippen LogP contribution in [0.1, 0.15) is 74.0 Å². The van der Waals surface area contributed by atoms with Gasteiger partial charge in [0.2, 0.25) is 5.91 Å². The summed E-state index contributed by atoms with van der Waals surface area (Å²) in [6, 6.07) is 16.9. The van der Waals surface area contributed by atoms with Crippen molar-refractivity contribution >= 4 is 22.7 Å². The number of nitrogens with one attached hydrogen (secondary N) is 3. The first kappa shape index (κ1) is 30.4. The van der Waals surface area contributed by atoms with E-state index < -0.39 is 11.4 Å². The highest BCUT2D eigenvalue weighted by Crippen LogP contribution is 2.39. The zero-order valence-corrected chi connectivity index (χ0v) is 24.0. The number of amides is 2. The average Bonchev–Trinajstić information content (AvgIpc) is 2.97. The van der Waals surface area contributed by atoms with Gasteiger partial charge in [0.15, 0.2) is 0 Å². The van der Waals surface area contributed by atoms with Gasteiger partial charge in [0.25, 0.3) is 5.91 Å². The minimum Gasteiger partial charge on any atom is -0.489 e. The molecule has 10 heteroatoms. The Labute approximate surface area is 241 Å². The van der Waals surface area contributed by atoms with Gasteiger partial charge in [0.05, 0.1) is 5.52 Å². The molecule has 0 bridgehead atoms. The second kappa shape index (κ2) is 13.9. The molecule has 5 N–H and O–H groups in total. The maximum absolute atomic E-state index is 13.4. The van der Waals surface area contributed by atoms with E-state index in [9.17, 15) is 14.8 Å². The molecular formula is C31H41N5O5. The molecule has 1 aromatic heterocycles. The third kappa shape index (κ3) is 7.59. The lowest BCUT2D eigenvalue weighted by Gasteiger charge is -2.50. The molecule has 1 fully saturated rings. The normalized spacial score (nSPS) is 20.0. The molecule has 0 spiro atoms. The van der Waals surface area contributed by atoms with Crippen molar-refractivity contribution in [3.05, 3.63) is 71.4 Å². The molecule has 0 unspecified atom stereocenters. The van der Waals surface area contributed by atoms with E-state index in [4.69, 9.17) is 9.94 Å². The Morgan fingerprint density at radius 1 is 1.17 bits per heavy atom. The van der Waals surface area contributed by atoms with Gasteiger partial charge >= 0.3 is 0 Å². The fourth-order valence-corrected chi connectivity index (χ4v) is 6.13. The summed E-state index contributed by atoms with van der Waals surface area (Å²) in [4.78, 5) is 29.9. The van der Waals surface area contributed by atoms with Crippen LogP contribution in [-0.2, 0) is 11.4 Å². The van der Waals surface area contributed by atoms with Crippen LogP contribution in [0.2, 0.25) is 0 Å². The Kier molecular flexibility index (Phi) is 10.3. The number of hydroxylamine groups is 2. The second-order valence-electron chi connectivity index (χ2n) is 11.2. The number of aryl methyl sites for hydroxylation is 1. The summed E-state index contributed by atoms with van der Waals surface area (Å²) < 4.78 is 6.06. The van der Waals surface area contributed by atoms with E-state index in [0.29, 0.717) is 43.7 Å². The number of nitrogens with zero attached hydrogens (tertiary/aromatic N) is 2. The van der Waals surface area contributed by atoms with Crippen LogP contribution in [0, 0.1) is 12.8 Å². The number of rotatable bonds is 12. The van der Waals surface area contributed by atoms with Crippen LogP contribution in [0.5, 0.6) is 5.75 Å². The van der Waals surface area contributed by atoms with Gasteiger partial charge in [-0.3, -0.25) is 25.2 Å². The molecule has 41 heavy (non-hydrogen) atoms. The van der Waals surface area contributed by atoms with Crippen molar-refractivity contribution < 1.29 is 24.7 Å². The van der Waals surface area contributed by atoms with Crippen LogP contribution in [-0.4, -0.2) is 50.3 Å². The summed E-state index contributed by atoms with van der Waals surface area (Å²) in [5.74, 6) is 0.0569. The Bertz CT molecular complexity index is 1330. The number of hydrogen-bond donors (Lipinski definition) is 5. The second-order valence-corrected chi connectivity index (χ2v) is 11.2. The standard InChI is InChI=1S/C31H41N5O5/c1-4-14-31(18-22(3)34-39)19-23(17-29(37)35-40)13-15-36(31)33-30(38)24-9-11-26(12-10-24)41-20-25-16-21(2)32-28-8-6-5-7-27(25)28/h5-12,16,22-23,34,39-40H,4,13-15,17-20H2,1-3H3,(H,33,38)(H,35,37)/t22-,23+,31+/m1/s1. The van der Waals surface area contributed by atoms with Crippen LogP contribution < -0.4 is 21.1 Å². The van der Waals surface area contributed by atoms with Crippen LogP contribution in [0.3, 0.4) is 0 Å². The minimum atomic E-state index is -0.466. The Balaban J connectivity index is 1.45. The highest BCUT2D eigenvalue weighted by Gasteiger charge is 2.44. The number of para-hydroxylation sites is 1. The van der Waals surface area contributed by atoms with E-state index in [1.165, 1.54) is 0 Å². The van der Waals surface area contributed by atoms with E-state index >= 15 is 0 Å². The fourth-order valence-electron chi connectivity index (χ4n) is 6.13. The number of piperidine rings is 1. The topological polar surface area (TPSA) is 136 Å².